The van der Waals surface area contributed by atoms with Crippen LogP contribution in [0.2, 0.25) is 0 Å². The summed E-state index contributed by atoms with van der Waals surface area (Å²) in [4.78, 5) is 0. The number of hydrogen-bond acceptors (Lipinski definition) is 2. The monoisotopic (exact) mass is 269 g/mol. The number of furan rings is 1. The van der Waals surface area contributed by atoms with Crippen LogP contribution in [0.4, 0.5) is 0 Å². The molecule has 0 saturated heterocycles. The van der Waals surface area contributed by atoms with Gasteiger partial charge in [-0.1, -0.05) is 38.1 Å². The summed E-state index contributed by atoms with van der Waals surface area (Å²) >= 11 is 0. The van der Waals surface area contributed by atoms with Gasteiger partial charge >= 0.3 is 0 Å². The first-order valence-corrected chi connectivity index (χ1v) is 7.61. The van der Waals surface area contributed by atoms with E-state index in [0.717, 1.165) is 18.7 Å². The van der Waals surface area contributed by atoms with Crippen molar-refractivity contribution in [1.82, 2.24) is 5.32 Å². The third-order valence-electron chi connectivity index (χ3n) is 3.78. The summed E-state index contributed by atoms with van der Waals surface area (Å²) in [5.74, 6) is 1.75. The van der Waals surface area contributed by atoms with E-state index in [4.69, 9.17) is 4.42 Å². The van der Waals surface area contributed by atoms with Gasteiger partial charge in [0.05, 0.1) is 12.8 Å². The van der Waals surface area contributed by atoms with Crippen molar-refractivity contribution >= 4 is 0 Å². The Morgan fingerprint density at radius 2 is 1.90 bits per heavy atom. The van der Waals surface area contributed by atoms with E-state index in [1.54, 1.807) is 6.26 Å². The summed E-state index contributed by atoms with van der Waals surface area (Å²) < 4.78 is 5.63. The van der Waals surface area contributed by atoms with Crippen LogP contribution in [0.1, 0.15) is 38.0 Å². The maximum Gasteiger partial charge on any atom is 0.125 e. The Bertz CT molecular complexity index is 549. The highest BCUT2D eigenvalue weighted by Crippen LogP contribution is 2.27. The fourth-order valence-electron chi connectivity index (χ4n) is 2.55. The van der Waals surface area contributed by atoms with Crippen LogP contribution in [-0.2, 0) is 13.0 Å². The number of nitrogens with one attached hydrogen (secondary N) is 1. The maximum absolute atomic E-state index is 5.63. The van der Waals surface area contributed by atoms with Crippen LogP contribution in [-0.4, -0.2) is 6.04 Å². The van der Waals surface area contributed by atoms with Crippen molar-refractivity contribution in [2.24, 2.45) is 5.92 Å². The van der Waals surface area contributed by atoms with Gasteiger partial charge in [0.1, 0.15) is 5.76 Å². The van der Waals surface area contributed by atoms with Crippen LogP contribution >= 0.6 is 0 Å². The average molecular weight is 269 g/mol. The fraction of sp³-hybridized carbons (Fsp3) is 0.444. The van der Waals surface area contributed by atoms with Gasteiger partial charge in [0.15, 0.2) is 0 Å². The molecule has 0 radical (unpaired) electrons. The van der Waals surface area contributed by atoms with Gasteiger partial charge in [0.2, 0.25) is 0 Å². The van der Waals surface area contributed by atoms with Gasteiger partial charge in [0, 0.05) is 11.6 Å². The third-order valence-corrected chi connectivity index (χ3v) is 3.78. The van der Waals surface area contributed by atoms with E-state index in [2.05, 4.69) is 49.5 Å². The largest absolute Gasteiger partial charge is 0.467 e. The third kappa shape index (κ3) is 3.31. The van der Waals surface area contributed by atoms with Crippen LogP contribution in [0.3, 0.4) is 0 Å². The van der Waals surface area contributed by atoms with Crippen molar-refractivity contribution in [2.45, 2.75) is 45.7 Å². The van der Waals surface area contributed by atoms with Crippen molar-refractivity contribution in [3.05, 3.63) is 47.9 Å². The molecule has 1 aliphatic rings. The van der Waals surface area contributed by atoms with E-state index < -0.39 is 0 Å². The summed E-state index contributed by atoms with van der Waals surface area (Å²) in [6.45, 7) is 5.35. The molecule has 1 aromatic heterocycles. The van der Waals surface area contributed by atoms with Crippen molar-refractivity contribution < 1.29 is 4.42 Å². The zero-order valence-electron chi connectivity index (χ0n) is 12.4. The Morgan fingerprint density at radius 1 is 1.15 bits per heavy atom. The summed E-state index contributed by atoms with van der Waals surface area (Å²) in [7, 11) is 0. The lowest BCUT2D eigenvalue weighted by Crippen LogP contribution is -2.15. The summed E-state index contributed by atoms with van der Waals surface area (Å²) in [5.41, 5.74) is 3.87. The molecule has 0 spiro atoms. The van der Waals surface area contributed by atoms with Gasteiger partial charge in [-0.25, -0.2) is 0 Å². The maximum atomic E-state index is 5.63. The lowest BCUT2D eigenvalue weighted by atomic mass is 9.99. The lowest BCUT2D eigenvalue weighted by molar-refractivity contribution is 0.483. The second-order valence-corrected chi connectivity index (χ2v) is 6.21. The Labute approximate surface area is 121 Å². The summed E-state index contributed by atoms with van der Waals surface area (Å²) in [6.07, 6.45) is 5.54. The molecular weight excluding hydrogens is 246 g/mol. The predicted octanol–water partition coefficient (Wildman–Crippen LogP) is 4.40. The second-order valence-electron chi connectivity index (χ2n) is 6.21. The van der Waals surface area contributed by atoms with E-state index in [0.29, 0.717) is 12.0 Å². The molecule has 2 heteroatoms. The van der Waals surface area contributed by atoms with Crippen LogP contribution in [0, 0.1) is 5.92 Å². The fourth-order valence-corrected chi connectivity index (χ4v) is 2.55. The van der Waals surface area contributed by atoms with Crippen molar-refractivity contribution in [2.75, 3.05) is 0 Å². The smallest absolute Gasteiger partial charge is 0.125 e. The van der Waals surface area contributed by atoms with Crippen molar-refractivity contribution in [3.63, 3.8) is 0 Å². The first-order valence-electron chi connectivity index (χ1n) is 7.61. The van der Waals surface area contributed by atoms with Gasteiger partial charge in [0.25, 0.3) is 0 Å². The van der Waals surface area contributed by atoms with E-state index >= 15 is 0 Å². The van der Waals surface area contributed by atoms with E-state index in [1.165, 1.54) is 29.5 Å². The molecule has 1 fully saturated rings. The summed E-state index contributed by atoms with van der Waals surface area (Å²) in [6, 6.07) is 11.7. The van der Waals surface area contributed by atoms with E-state index in [9.17, 15) is 0 Å². The van der Waals surface area contributed by atoms with Gasteiger partial charge < -0.3 is 9.73 Å². The first kappa shape index (κ1) is 13.4. The molecule has 20 heavy (non-hydrogen) atoms. The van der Waals surface area contributed by atoms with Crippen LogP contribution in [0.25, 0.3) is 11.1 Å². The van der Waals surface area contributed by atoms with Gasteiger partial charge in [-0.05, 0) is 42.4 Å². The quantitative estimate of drug-likeness (QED) is 0.841. The molecule has 2 aromatic rings. The highest BCUT2D eigenvalue weighted by atomic mass is 16.3. The molecule has 106 valence electrons. The average Bonchev–Trinajstić information content (AvgIpc) is 3.14. The molecule has 1 aromatic carbocycles. The molecular formula is C18H23NO. The normalized spacial score (nSPS) is 14.9. The van der Waals surface area contributed by atoms with Crippen molar-refractivity contribution in [1.29, 1.82) is 0 Å². The number of rotatable bonds is 6. The minimum absolute atomic E-state index is 0.702. The molecule has 0 bridgehead atoms. The second kappa shape index (κ2) is 5.84. The van der Waals surface area contributed by atoms with Gasteiger partial charge in [-0.15, -0.1) is 0 Å². The molecule has 1 aliphatic carbocycles. The van der Waals surface area contributed by atoms with Crippen molar-refractivity contribution in [3.8, 4) is 11.1 Å². The molecule has 0 atom stereocenters. The first-order chi connectivity index (χ1) is 9.72. The van der Waals surface area contributed by atoms with E-state index in [1.807, 2.05) is 0 Å². The number of benzene rings is 1. The molecule has 0 unspecified atom stereocenters. The minimum Gasteiger partial charge on any atom is -0.467 e. The Balaban J connectivity index is 1.72. The SMILES string of the molecule is CC(C)Cc1ccc(-c2ccoc2CNC2CC2)cc1. The lowest BCUT2D eigenvalue weighted by Gasteiger charge is -2.07. The minimum atomic E-state index is 0.702. The predicted molar refractivity (Wildman–Crippen MR) is 82.5 cm³/mol. The Morgan fingerprint density at radius 3 is 2.55 bits per heavy atom. The van der Waals surface area contributed by atoms with Gasteiger partial charge in [-0.3, -0.25) is 0 Å². The zero-order valence-corrected chi connectivity index (χ0v) is 12.4. The molecule has 1 N–H and O–H groups in total. The Hall–Kier alpha value is -1.54. The van der Waals surface area contributed by atoms with E-state index in [-0.39, 0.29) is 0 Å². The molecule has 0 amide bonds. The van der Waals surface area contributed by atoms with Crippen LogP contribution < -0.4 is 5.32 Å². The molecule has 1 saturated carbocycles. The number of hydrogen-bond donors (Lipinski definition) is 1. The highest BCUT2D eigenvalue weighted by Gasteiger charge is 2.21. The zero-order chi connectivity index (χ0) is 13.9. The molecule has 1 heterocycles. The molecule has 2 nitrogen and oxygen atoms in total. The van der Waals surface area contributed by atoms with Gasteiger partial charge in [-0.2, -0.15) is 0 Å². The van der Waals surface area contributed by atoms with Crippen LogP contribution in [0.15, 0.2) is 41.0 Å². The molecule has 3 rings (SSSR count). The molecule has 0 aliphatic heterocycles. The standard InChI is InChI=1S/C18H23NO/c1-13(2)11-14-3-5-15(6-4-14)17-9-10-20-18(17)12-19-16-7-8-16/h3-6,9-10,13,16,19H,7-8,11-12H2,1-2H3. The Kier molecular flexibility index (Phi) is 3.93. The summed E-state index contributed by atoms with van der Waals surface area (Å²) in [5, 5.41) is 3.51. The van der Waals surface area contributed by atoms with Crippen LogP contribution in [0.5, 0.6) is 0 Å². The highest BCUT2D eigenvalue weighted by molar-refractivity contribution is 5.65. The topological polar surface area (TPSA) is 25.2 Å².